The minimum Gasteiger partial charge on any atom is -0.395 e. The maximum Gasteiger partial charge on any atom is 0.317 e. The minimum absolute atomic E-state index is 0.0399. The Morgan fingerprint density at radius 2 is 2.50 bits per heavy atom. The van der Waals surface area contributed by atoms with E-state index in [-0.39, 0.29) is 12.6 Å². The molecule has 0 fully saturated rings. The summed E-state index contributed by atoms with van der Waals surface area (Å²) in [6.07, 6.45) is 1.65. The van der Waals surface area contributed by atoms with E-state index in [2.05, 4.69) is 24.9 Å². The van der Waals surface area contributed by atoms with Crippen molar-refractivity contribution in [3.63, 3.8) is 0 Å². The Labute approximate surface area is 112 Å². The summed E-state index contributed by atoms with van der Waals surface area (Å²) in [5.74, 6) is 0.300. The molecule has 2 N–H and O–H groups in total. The number of nitrogens with one attached hydrogen (secondary N) is 1. The lowest BCUT2D eigenvalue weighted by molar-refractivity contribution is 0.183. The molecule has 0 radical (unpaired) electrons. The lowest BCUT2D eigenvalue weighted by atomic mass is 10.1. The fraction of sp³-hybridized carbons (Fsp3) is 0.462. The normalized spacial score (nSPS) is 11.9. The first-order chi connectivity index (χ1) is 8.69. The van der Waals surface area contributed by atoms with Crippen molar-refractivity contribution in [2.24, 2.45) is 0 Å². The van der Waals surface area contributed by atoms with Crippen LogP contribution in [0.3, 0.4) is 0 Å². The number of nitrogens with zero attached hydrogens (tertiary/aromatic N) is 1. The van der Waals surface area contributed by atoms with Crippen molar-refractivity contribution in [3.8, 4) is 0 Å². The highest BCUT2D eigenvalue weighted by Gasteiger charge is 2.13. The first-order valence-corrected chi connectivity index (χ1v) is 6.85. The van der Waals surface area contributed by atoms with Crippen LogP contribution in [0.5, 0.6) is 0 Å². The van der Waals surface area contributed by atoms with Crippen molar-refractivity contribution in [1.29, 1.82) is 0 Å². The van der Waals surface area contributed by atoms with Crippen LogP contribution in [0.2, 0.25) is 0 Å². The molecule has 0 aromatic carbocycles. The molecule has 18 heavy (non-hydrogen) atoms. The number of hydrogen-bond donors (Lipinski definition) is 2. The SMILES string of the molecule is C=CCN(CCO)C(=O)NCC(C)c1cccs1. The van der Waals surface area contributed by atoms with Crippen LogP contribution in [0.1, 0.15) is 17.7 Å². The average molecular weight is 268 g/mol. The van der Waals surface area contributed by atoms with Gasteiger partial charge in [0.25, 0.3) is 0 Å². The largest absolute Gasteiger partial charge is 0.395 e. The van der Waals surface area contributed by atoms with E-state index in [4.69, 9.17) is 5.11 Å². The molecule has 0 aliphatic heterocycles. The second-order valence-corrected chi connectivity index (χ2v) is 5.04. The molecule has 1 unspecified atom stereocenters. The number of rotatable bonds is 7. The van der Waals surface area contributed by atoms with Crippen LogP contribution in [-0.2, 0) is 0 Å². The maximum atomic E-state index is 11.9. The molecule has 5 heteroatoms. The second-order valence-electron chi connectivity index (χ2n) is 4.06. The standard InChI is InChI=1S/C13H20N2O2S/c1-3-6-15(7-8-16)13(17)14-10-11(2)12-5-4-9-18-12/h3-5,9,11,16H,1,6-8,10H2,2H3,(H,14,17). The Morgan fingerprint density at radius 1 is 1.72 bits per heavy atom. The molecular formula is C13H20N2O2S. The van der Waals surface area contributed by atoms with Gasteiger partial charge in [0, 0.05) is 30.4 Å². The Morgan fingerprint density at radius 3 is 3.06 bits per heavy atom. The van der Waals surface area contributed by atoms with Gasteiger partial charge in [-0.3, -0.25) is 0 Å². The zero-order valence-corrected chi connectivity index (χ0v) is 11.4. The Hall–Kier alpha value is -1.33. The third-order valence-electron chi connectivity index (χ3n) is 2.59. The van der Waals surface area contributed by atoms with Gasteiger partial charge in [-0.1, -0.05) is 19.1 Å². The van der Waals surface area contributed by atoms with Gasteiger partial charge in [0.05, 0.1) is 6.61 Å². The van der Waals surface area contributed by atoms with E-state index in [1.54, 1.807) is 17.4 Å². The third kappa shape index (κ3) is 4.50. The molecule has 0 aliphatic carbocycles. The van der Waals surface area contributed by atoms with E-state index >= 15 is 0 Å². The summed E-state index contributed by atoms with van der Waals surface area (Å²) in [5, 5.41) is 13.8. The van der Waals surface area contributed by atoms with Gasteiger partial charge in [-0.15, -0.1) is 17.9 Å². The topological polar surface area (TPSA) is 52.6 Å². The van der Waals surface area contributed by atoms with E-state index in [9.17, 15) is 4.79 Å². The summed E-state index contributed by atoms with van der Waals surface area (Å²) in [6, 6.07) is 3.91. The van der Waals surface area contributed by atoms with E-state index in [1.165, 1.54) is 9.78 Å². The molecule has 1 atom stereocenters. The maximum absolute atomic E-state index is 11.9. The molecule has 100 valence electrons. The number of amides is 2. The van der Waals surface area contributed by atoms with Crippen LogP contribution >= 0.6 is 11.3 Å². The highest BCUT2D eigenvalue weighted by Crippen LogP contribution is 2.19. The zero-order chi connectivity index (χ0) is 13.4. The number of carbonyl (C=O) groups is 1. The van der Waals surface area contributed by atoms with Gasteiger partial charge in [-0.05, 0) is 11.4 Å². The van der Waals surface area contributed by atoms with Crippen molar-refractivity contribution in [2.75, 3.05) is 26.2 Å². The summed E-state index contributed by atoms with van der Waals surface area (Å²) in [4.78, 5) is 14.6. The Bertz CT molecular complexity index is 365. The highest BCUT2D eigenvalue weighted by molar-refractivity contribution is 7.10. The smallest absolute Gasteiger partial charge is 0.317 e. The number of aliphatic hydroxyl groups is 1. The monoisotopic (exact) mass is 268 g/mol. The Kier molecular flexibility index (Phi) is 6.46. The first-order valence-electron chi connectivity index (χ1n) is 5.97. The number of thiophene rings is 1. The fourth-order valence-corrected chi connectivity index (χ4v) is 2.36. The summed E-state index contributed by atoms with van der Waals surface area (Å²) in [7, 11) is 0. The average Bonchev–Trinajstić information content (AvgIpc) is 2.89. The predicted molar refractivity (Wildman–Crippen MR) is 75.0 cm³/mol. The third-order valence-corrected chi connectivity index (χ3v) is 3.70. The van der Waals surface area contributed by atoms with Gasteiger partial charge in [0.15, 0.2) is 0 Å². The molecule has 1 aromatic rings. The van der Waals surface area contributed by atoms with Crippen LogP contribution in [0.25, 0.3) is 0 Å². The quantitative estimate of drug-likeness (QED) is 0.744. The van der Waals surface area contributed by atoms with Crippen LogP contribution in [0.4, 0.5) is 4.79 Å². The fourth-order valence-electron chi connectivity index (χ4n) is 1.58. The number of hydrogen-bond acceptors (Lipinski definition) is 3. The lowest BCUT2D eigenvalue weighted by Crippen LogP contribution is -2.42. The molecule has 0 saturated heterocycles. The summed E-state index contributed by atoms with van der Waals surface area (Å²) < 4.78 is 0. The van der Waals surface area contributed by atoms with Gasteiger partial charge < -0.3 is 15.3 Å². The van der Waals surface area contributed by atoms with Gasteiger partial charge in [0.1, 0.15) is 0 Å². The van der Waals surface area contributed by atoms with Crippen LogP contribution in [0.15, 0.2) is 30.2 Å². The lowest BCUT2D eigenvalue weighted by Gasteiger charge is -2.21. The van der Waals surface area contributed by atoms with Crippen molar-refractivity contribution >= 4 is 17.4 Å². The van der Waals surface area contributed by atoms with E-state index in [1.807, 2.05) is 11.4 Å². The minimum atomic E-state index is -0.160. The number of urea groups is 1. The predicted octanol–water partition coefficient (Wildman–Crippen LogP) is 2.04. The molecule has 1 rings (SSSR count). The molecule has 2 amide bonds. The van der Waals surface area contributed by atoms with Crippen molar-refractivity contribution in [3.05, 3.63) is 35.0 Å². The summed E-state index contributed by atoms with van der Waals surface area (Å²) in [6.45, 7) is 7.00. The molecule has 0 spiro atoms. The molecule has 0 bridgehead atoms. The number of aliphatic hydroxyl groups excluding tert-OH is 1. The van der Waals surface area contributed by atoms with Gasteiger partial charge in [0.2, 0.25) is 0 Å². The van der Waals surface area contributed by atoms with Crippen LogP contribution < -0.4 is 5.32 Å². The molecule has 4 nitrogen and oxygen atoms in total. The van der Waals surface area contributed by atoms with Gasteiger partial charge in [-0.2, -0.15) is 0 Å². The van der Waals surface area contributed by atoms with E-state index < -0.39 is 0 Å². The second kappa shape index (κ2) is 7.89. The first kappa shape index (κ1) is 14.7. The van der Waals surface area contributed by atoms with E-state index in [0.717, 1.165) is 0 Å². The van der Waals surface area contributed by atoms with Crippen molar-refractivity contribution in [2.45, 2.75) is 12.8 Å². The van der Waals surface area contributed by atoms with Crippen LogP contribution in [-0.4, -0.2) is 42.3 Å². The van der Waals surface area contributed by atoms with Gasteiger partial charge >= 0.3 is 6.03 Å². The molecule has 1 aromatic heterocycles. The summed E-state index contributed by atoms with van der Waals surface area (Å²) in [5.41, 5.74) is 0. The number of carbonyl (C=O) groups excluding carboxylic acids is 1. The van der Waals surface area contributed by atoms with Crippen molar-refractivity contribution in [1.82, 2.24) is 10.2 Å². The molecule has 0 saturated carbocycles. The molecule has 0 aliphatic rings. The zero-order valence-electron chi connectivity index (χ0n) is 10.6. The van der Waals surface area contributed by atoms with E-state index in [0.29, 0.717) is 25.6 Å². The molecule has 1 heterocycles. The van der Waals surface area contributed by atoms with Gasteiger partial charge in [-0.25, -0.2) is 4.79 Å². The summed E-state index contributed by atoms with van der Waals surface area (Å²) >= 11 is 1.69. The van der Waals surface area contributed by atoms with Crippen LogP contribution in [0, 0.1) is 0 Å². The highest BCUT2D eigenvalue weighted by atomic mass is 32.1. The Balaban J connectivity index is 2.41. The van der Waals surface area contributed by atoms with Crippen molar-refractivity contribution < 1.29 is 9.90 Å². The molecular weight excluding hydrogens is 248 g/mol.